The fourth-order valence-corrected chi connectivity index (χ4v) is 2.85. The van der Waals surface area contributed by atoms with Crippen molar-refractivity contribution < 1.29 is 14.4 Å². The highest BCUT2D eigenvalue weighted by atomic mass is 32.2. The van der Waals surface area contributed by atoms with Gasteiger partial charge in [0, 0.05) is 5.56 Å². The molecule has 2 atom stereocenters. The van der Waals surface area contributed by atoms with E-state index in [0.717, 1.165) is 11.8 Å². The van der Waals surface area contributed by atoms with Crippen LogP contribution in [0.2, 0.25) is 0 Å². The number of Topliss-reactive ketones (excluding diaryl/α,β-unsaturated/α-hetero) is 2. The maximum Gasteiger partial charge on any atom is 0.204 e. The van der Waals surface area contributed by atoms with E-state index >= 15 is 0 Å². The quantitative estimate of drug-likeness (QED) is 0.594. The molecule has 1 fully saturated rings. The molecule has 1 aliphatic rings. The average Bonchev–Trinajstić information content (AvgIpc) is 2.53. The lowest BCUT2D eigenvalue weighted by atomic mass is 9.93. The Morgan fingerprint density at radius 1 is 1.18 bits per heavy atom. The van der Waals surface area contributed by atoms with Crippen LogP contribution in [0.25, 0.3) is 0 Å². The van der Waals surface area contributed by atoms with Crippen LogP contribution in [0.15, 0.2) is 24.3 Å². The van der Waals surface area contributed by atoms with Crippen molar-refractivity contribution in [1.29, 1.82) is 0 Å². The standard InChI is InChI=1S/C13H12O3S/c1-7(14)9-3-5-10(6-4-9)11-12(15)8(2)17-13(11)16/h3-6,8,11H,1-2H3. The highest BCUT2D eigenvalue weighted by Crippen LogP contribution is 2.36. The number of rotatable bonds is 2. The first-order valence-electron chi connectivity index (χ1n) is 5.36. The summed E-state index contributed by atoms with van der Waals surface area (Å²) in [6, 6.07) is 6.70. The third-order valence-corrected chi connectivity index (χ3v) is 3.92. The first kappa shape index (κ1) is 12.0. The summed E-state index contributed by atoms with van der Waals surface area (Å²) in [7, 11) is 0. The Balaban J connectivity index is 2.32. The number of hydrogen-bond donors (Lipinski definition) is 0. The lowest BCUT2D eigenvalue weighted by Gasteiger charge is -2.07. The normalized spacial score (nSPS) is 24.1. The Kier molecular flexibility index (Phi) is 3.15. The molecule has 1 saturated heterocycles. The molecule has 17 heavy (non-hydrogen) atoms. The van der Waals surface area contributed by atoms with Crippen molar-refractivity contribution in [3.05, 3.63) is 35.4 Å². The number of carbonyl (C=O) groups is 3. The Morgan fingerprint density at radius 2 is 1.76 bits per heavy atom. The molecule has 2 unspecified atom stereocenters. The monoisotopic (exact) mass is 248 g/mol. The first-order chi connectivity index (χ1) is 8.00. The predicted molar refractivity (Wildman–Crippen MR) is 66.3 cm³/mol. The molecule has 0 bridgehead atoms. The molecule has 2 rings (SSSR count). The van der Waals surface area contributed by atoms with Gasteiger partial charge >= 0.3 is 0 Å². The minimum absolute atomic E-state index is 0.0247. The molecule has 1 aromatic rings. The Morgan fingerprint density at radius 3 is 2.18 bits per heavy atom. The van der Waals surface area contributed by atoms with Gasteiger partial charge in [0.25, 0.3) is 0 Å². The van der Waals surface area contributed by atoms with Gasteiger partial charge in [0.15, 0.2) is 11.6 Å². The van der Waals surface area contributed by atoms with Crippen molar-refractivity contribution in [2.75, 3.05) is 0 Å². The van der Waals surface area contributed by atoms with Crippen molar-refractivity contribution in [2.24, 2.45) is 0 Å². The predicted octanol–water partition coefficient (Wildman–Crippen LogP) is 2.20. The van der Waals surface area contributed by atoms with E-state index in [1.807, 2.05) is 0 Å². The lowest BCUT2D eigenvalue weighted by molar-refractivity contribution is -0.123. The largest absolute Gasteiger partial charge is 0.297 e. The molecule has 1 aromatic carbocycles. The van der Waals surface area contributed by atoms with E-state index in [-0.39, 0.29) is 21.9 Å². The van der Waals surface area contributed by atoms with E-state index in [1.54, 1.807) is 31.2 Å². The fraction of sp³-hybridized carbons (Fsp3) is 0.308. The van der Waals surface area contributed by atoms with E-state index < -0.39 is 5.92 Å². The molecule has 3 nitrogen and oxygen atoms in total. The van der Waals surface area contributed by atoms with E-state index in [4.69, 9.17) is 0 Å². The number of benzene rings is 1. The summed E-state index contributed by atoms with van der Waals surface area (Å²) in [5.74, 6) is -0.727. The summed E-state index contributed by atoms with van der Waals surface area (Å²) < 4.78 is 0. The molecule has 88 valence electrons. The van der Waals surface area contributed by atoms with Crippen LogP contribution in [-0.4, -0.2) is 21.9 Å². The van der Waals surface area contributed by atoms with Crippen molar-refractivity contribution in [2.45, 2.75) is 25.0 Å². The van der Waals surface area contributed by atoms with Gasteiger partial charge in [0.2, 0.25) is 5.12 Å². The zero-order valence-corrected chi connectivity index (χ0v) is 10.4. The summed E-state index contributed by atoms with van der Waals surface area (Å²) in [4.78, 5) is 34.6. The molecule has 1 heterocycles. The van der Waals surface area contributed by atoms with Crippen molar-refractivity contribution in [3.63, 3.8) is 0 Å². The van der Waals surface area contributed by atoms with Crippen LogP contribution in [0.5, 0.6) is 0 Å². The number of carbonyl (C=O) groups excluding carboxylic acids is 3. The molecule has 0 radical (unpaired) electrons. The number of thioether (sulfide) groups is 1. The molecule has 0 aliphatic carbocycles. The summed E-state index contributed by atoms with van der Waals surface area (Å²) in [5.41, 5.74) is 1.27. The summed E-state index contributed by atoms with van der Waals surface area (Å²) >= 11 is 1.09. The van der Waals surface area contributed by atoms with Crippen molar-refractivity contribution >= 4 is 28.4 Å². The van der Waals surface area contributed by atoms with Crippen molar-refractivity contribution in [3.8, 4) is 0 Å². The van der Waals surface area contributed by atoms with Gasteiger partial charge in [-0.05, 0) is 19.4 Å². The average molecular weight is 248 g/mol. The van der Waals surface area contributed by atoms with E-state index in [0.29, 0.717) is 11.1 Å². The molecule has 4 heteroatoms. The minimum atomic E-state index is -0.656. The molecule has 0 N–H and O–H groups in total. The van der Waals surface area contributed by atoms with Gasteiger partial charge in [-0.3, -0.25) is 14.4 Å². The minimum Gasteiger partial charge on any atom is -0.297 e. The second-order valence-corrected chi connectivity index (χ2v) is 5.44. The number of ketones is 2. The Hall–Kier alpha value is -1.42. The van der Waals surface area contributed by atoms with Gasteiger partial charge < -0.3 is 0 Å². The smallest absolute Gasteiger partial charge is 0.204 e. The van der Waals surface area contributed by atoms with Gasteiger partial charge in [-0.2, -0.15) is 0 Å². The lowest BCUT2D eigenvalue weighted by Crippen LogP contribution is -2.16. The maximum absolute atomic E-state index is 11.8. The third kappa shape index (κ3) is 2.17. The van der Waals surface area contributed by atoms with Crippen LogP contribution >= 0.6 is 11.8 Å². The van der Waals surface area contributed by atoms with Crippen LogP contribution in [0.3, 0.4) is 0 Å². The van der Waals surface area contributed by atoms with Crippen LogP contribution in [-0.2, 0) is 9.59 Å². The molecule has 0 saturated carbocycles. The van der Waals surface area contributed by atoms with Gasteiger partial charge in [0.1, 0.15) is 5.92 Å². The third-order valence-electron chi connectivity index (χ3n) is 2.86. The summed E-state index contributed by atoms with van der Waals surface area (Å²) in [6.45, 7) is 3.23. The van der Waals surface area contributed by atoms with Crippen LogP contribution in [0.4, 0.5) is 0 Å². The topological polar surface area (TPSA) is 51.2 Å². The second-order valence-electron chi connectivity index (χ2n) is 4.09. The molecule has 0 amide bonds. The van der Waals surface area contributed by atoms with Crippen LogP contribution in [0, 0.1) is 0 Å². The Labute approximate surface area is 104 Å². The van der Waals surface area contributed by atoms with Gasteiger partial charge in [0.05, 0.1) is 5.25 Å². The zero-order valence-electron chi connectivity index (χ0n) is 9.60. The van der Waals surface area contributed by atoms with E-state index in [1.165, 1.54) is 6.92 Å². The first-order valence-corrected chi connectivity index (χ1v) is 6.24. The highest BCUT2D eigenvalue weighted by Gasteiger charge is 2.40. The molecule has 0 spiro atoms. The van der Waals surface area contributed by atoms with E-state index in [9.17, 15) is 14.4 Å². The molecular formula is C13H12O3S. The summed E-state index contributed by atoms with van der Waals surface area (Å²) in [5, 5.41) is -0.363. The Bertz CT molecular complexity index is 490. The molecular weight excluding hydrogens is 236 g/mol. The summed E-state index contributed by atoms with van der Waals surface area (Å²) in [6.07, 6.45) is 0. The van der Waals surface area contributed by atoms with Crippen LogP contribution in [0.1, 0.15) is 35.7 Å². The fourth-order valence-electron chi connectivity index (χ4n) is 1.86. The maximum atomic E-state index is 11.8. The number of hydrogen-bond acceptors (Lipinski definition) is 4. The van der Waals surface area contributed by atoms with Gasteiger partial charge in [-0.15, -0.1) is 0 Å². The SMILES string of the molecule is CC(=O)c1ccc(C2C(=O)SC(C)C2=O)cc1. The second kappa shape index (κ2) is 4.45. The molecule has 1 aliphatic heterocycles. The van der Waals surface area contributed by atoms with Gasteiger partial charge in [-0.25, -0.2) is 0 Å². The highest BCUT2D eigenvalue weighted by molar-refractivity contribution is 8.15. The zero-order chi connectivity index (χ0) is 12.6. The van der Waals surface area contributed by atoms with Gasteiger partial charge in [-0.1, -0.05) is 36.0 Å². The molecule has 0 aromatic heterocycles. The van der Waals surface area contributed by atoms with Crippen molar-refractivity contribution in [1.82, 2.24) is 0 Å². The van der Waals surface area contributed by atoms with Crippen LogP contribution < -0.4 is 0 Å². The van der Waals surface area contributed by atoms with E-state index in [2.05, 4.69) is 0 Å².